The van der Waals surface area contributed by atoms with Crippen molar-refractivity contribution in [3.8, 4) is 11.5 Å². The highest BCUT2D eigenvalue weighted by molar-refractivity contribution is 7.81. The molecule has 3 rings (SSSR count). The number of hydrogen-bond donors (Lipinski definition) is 1. The van der Waals surface area contributed by atoms with Gasteiger partial charge in [0, 0.05) is 18.2 Å². The SMILES string of the molecule is CC(=O)Nc1ccc(OC2(c3ccc(OS(=O)(=O)F)cc3)COC2)cc1. The van der Waals surface area contributed by atoms with Crippen molar-refractivity contribution in [3.05, 3.63) is 54.1 Å². The van der Waals surface area contributed by atoms with Crippen molar-refractivity contribution in [1.29, 1.82) is 0 Å². The van der Waals surface area contributed by atoms with E-state index in [0.29, 0.717) is 24.7 Å². The molecule has 0 aliphatic carbocycles. The molecule has 1 saturated heterocycles. The molecule has 0 saturated carbocycles. The molecule has 0 radical (unpaired) electrons. The first kappa shape index (κ1) is 18.2. The predicted molar refractivity (Wildman–Crippen MR) is 91.0 cm³/mol. The molecule has 1 aliphatic rings. The molecule has 0 spiro atoms. The standard InChI is InChI=1S/C17H16FNO6S/c1-12(20)19-14-4-8-15(9-5-14)24-17(10-23-11-17)13-2-6-16(7-3-13)25-26(18,21)22/h2-9H,10-11H2,1H3,(H,19,20). The van der Waals surface area contributed by atoms with E-state index in [4.69, 9.17) is 9.47 Å². The van der Waals surface area contributed by atoms with Gasteiger partial charge in [-0.15, -0.1) is 0 Å². The molecule has 0 bridgehead atoms. The van der Waals surface area contributed by atoms with Crippen LogP contribution in [0.25, 0.3) is 0 Å². The number of nitrogens with one attached hydrogen (secondary N) is 1. The first-order chi connectivity index (χ1) is 12.3. The normalized spacial score (nSPS) is 15.6. The number of rotatable bonds is 6. The minimum Gasteiger partial charge on any atom is -0.478 e. The molecule has 1 heterocycles. The smallest absolute Gasteiger partial charge is 0.478 e. The second-order valence-electron chi connectivity index (χ2n) is 5.80. The molecule has 1 aliphatic heterocycles. The van der Waals surface area contributed by atoms with Crippen LogP contribution in [0.5, 0.6) is 11.5 Å². The Morgan fingerprint density at radius 1 is 1.08 bits per heavy atom. The zero-order chi connectivity index (χ0) is 18.8. The lowest BCUT2D eigenvalue weighted by Crippen LogP contribution is -2.51. The number of ether oxygens (including phenoxy) is 2. The largest absolute Gasteiger partial charge is 0.488 e. The van der Waals surface area contributed by atoms with E-state index in [1.165, 1.54) is 19.1 Å². The Bertz CT molecular complexity index is 892. The van der Waals surface area contributed by atoms with Crippen molar-refractivity contribution in [2.45, 2.75) is 12.5 Å². The minimum atomic E-state index is -5.06. The summed E-state index contributed by atoms with van der Waals surface area (Å²) < 4.78 is 49.1. The van der Waals surface area contributed by atoms with E-state index in [-0.39, 0.29) is 11.7 Å². The van der Waals surface area contributed by atoms with Gasteiger partial charge in [-0.25, -0.2) is 0 Å². The molecule has 2 aromatic carbocycles. The van der Waals surface area contributed by atoms with Crippen LogP contribution >= 0.6 is 0 Å². The third-order valence-electron chi connectivity index (χ3n) is 3.73. The van der Waals surface area contributed by atoms with Crippen molar-refractivity contribution in [3.63, 3.8) is 0 Å². The van der Waals surface area contributed by atoms with Crippen LogP contribution in [0.3, 0.4) is 0 Å². The van der Waals surface area contributed by atoms with E-state index in [1.54, 1.807) is 36.4 Å². The summed E-state index contributed by atoms with van der Waals surface area (Å²) in [4.78, 5) is 11.1. The van der Waals surface area contributed by atoms with Crippen LogP contribution in [0.15, 0.2) is 48.5 Å². The van der Waals surface area contributed by atoms with Crippen molar-refractivity contribution in [2.24, 2.45) is 0 Å². The maximum absolute atomic E-state index is 12.6. The Balaban J connectivity index is 1.75. The summed E-state index contributed by atoms with van der Waals surface area (Å²) in [7, 11) is -5.06. The summed E-state index contributed by atoms with van der Waals surface area (Å²) in [6.07, 6.45) is 0. The fourth-order valence-corrected chi connectivity index (χ4v) is 2.88. The van der Waals surface area contributed by atoms with Crippen molar-refractivity contribution >= 4 is 22.1 Å². The van der Waals surface area contributed by atoms with Gasteiger partial charge in [0.1, 0.15) is 11.5 Å². The molecule has 9 heteroatoms. The summed E-state index contributed by atoms with van der Waals surface area (Å²) in [5.74, 6) is 0.278. The molecule has 0 unspecified atom stereocenters. The Labute approximate surface area is 150 Å². The average Bonchev–Trinajstić information content (AvgIpc) is 2.51. The maximum atomic E-state index is 12.6. The number of benzene rings is 2. The third kappa shape index (κ3) is 4.30. The van der Waals surface area contributed by atoms with Crippen LogP contribution in [0.1, 0.15) is 12.5 Å². The highest BCUT2D eigenvalue weighted by Gasteiger charge is 2.43. The summed E-state index contributed by atoms with van der Waals surface area (Å²) in [5.41, 5.74) is 0.652. The van der Waals surface area contributed by atoms with E-state index in [1.807, 2.05) is 0 Å². The highest BCUT2D eigenvalue weighted by atomic mass is 32.3. The average molecular weight is 381 g/mol. The first-order valence-electron chi connectivity index (χ1n) is 7.65. The molecule has 0 atom stereocenters. The number of carbonyl (C=O) groups excluding carboxylic acids is 1. The highest BCUT2D eigenvalue weighted by Crippen LogP contribution is 2.36. The number of amides is 1. The van der Waals surface area contributed by atoms with Gasteiger partial charge in [-0.1, -0.05) is 16.0 Å². The Kier molecular flexibility index (Phi) is 4.84. The van der Waals surface area contributed by atoms with Crippen LogP contribution in [0, 0.1) is 0 Å². The fourth-order valence-electron chi connectivity index (χ4n) is 2.54. The summed E-state index contributed by atoms with van der Waals surface area (Å²) >= 11 is 0. The lowest BCUT2D eigenvalue weighted by Gasteiger charge is -2.41. The van der Waals surface area contributed by atoms with E-state index < -0.39 is 16.1 Å². The van der Waals surface area contributed by atoms with Gasteiger partial charge in [0.25, 0.3) is 0 Å². The first-order valence-corrected chi connectivity index (χ1v) is 8.96. The molecule has 1 fully saturated rings. The molecule has 7 nitrogen and oxygen atoms in total. The van der Waals surface area contributed by atoms with E-state index in [9.17, 15) is 17.1 Å². The molecule has 138 valence electrons. The Morgan fingerprint density at radius 2 is 1.65 bits per heavy atom. The van der Waals surface area contributed by atoms with Crippen LogP contribution in [-0.2, 0) is 25.6 Å². The number of anilines is 1. The van der Waals surface area contributed by atoms with Gasteiger partial charge in [0.15, 0.2) is 5.60 Å². The number of carbonyl (C=O) groups is 1. The monoisotopic (exact) mass is 381 g/mol. The molecule has 1 N–H and O–H groups in total. The summed E-state index contributed by atoms with van der Waals surface area (Å²) in [6.45, 7) is 2.04. The van der Waals surface area contributed by atoms with Gasteiger partial charge >= 0.3 is 10.5 Å². The molecule has 2 aromatic rings. The predicted octanol–water partition coefficient (Wildman–Crippen LogP) is 2.54. The molecule has 1 amide bonds. The fraction of sp³-hybridized carbons (Fsp3) is 0.235. The van der Waals surface area contributed by atoms with Crippen molar-refractivity contribution in [2.75, 3.05) is 18.5 Å². The lowest BCUT2D eigenvalue weighted by molar-refractivity contribution is -0.167. The van der Waals surface area contributed by atoms with Crippen molar-refractivity contribution in [1.82, 2.24) is 0 Å². The summed E-state index contributed by atoms with van der Waals surface area (Å²) in [5, 5.41) is 2.67. The van der Waals surface area contributed by atoms with Crippen LogP contribution in [0.2, 0.25) is 0 Å². The second-order valence-corrected chi connectivity index (χ2v) is 6.75. The van der Waals surface area contributed by atoms with Gasteiger partial charge in [0.05, 0.1) is 13.2 Å². The Hall–Kier alpha value is -2.65. The Morgan fingerprint density at radius 3 is 2.12 bits per heavy atom. The van der Waals surface area contributed by atoms with Crippen LogP contribution in [0.4, 0.5) is 9.57 Å². The second kappa shape index (κ2) is 6.93. The number of hydrogen-bond acceptors (Lipinski definition) is 6. The van der Waals surface area contributed by atoms with Gasteiger partial charge in [-0.3, -0.25) is 4.79 Å². The van der Waals surface area contributed by atoms with Crippen molar-refractivity contribution < 1.29 is 30.8 Å². The molecule has 0 aromatic heterocycles. The van der Waals surface area contributed by atoms with E-state index >= 15 is 0 Å². The quantitative estimate of drug-likeness (QED) is 0.774. The number of halogens is 1. The minimum absolute atomic E-state index is 0.133. The third-order valence-corrected chi connectivity index (χ3v) is 4.13. The molecule has 26 heavy (non-hydrogen) atoms. The van der Waals surface area contributed by atoms with Crippen LogP contribution in [-0.4, -0.2) is 27.5 Å². The zero-order valence-electron chi connectivity index (χ0n) is 13.8. The summed E-state index contributed by atoms with van der Waals surface area (Å²) in [6, 6.07) is 12.7. The topological polar surface area (TPSA) is 90.9 Å². The van der Waals surface area contributed by atoms with E-state index in [0.717, 1.165) is 5.56 Å². The van der Waals surface area contributed by atoms with E-state index in [2.05, 4.69) is 9.50 Å². The maximum Gasteiger partial charge on any atom is 0.488 e. The molecular weight excluding hydrogens is 365 g/mol. The van der Waals surface area contributed by atoms with Gasteiger partial charge in [0.2, 0.25) is 5.91 Å². The lowest BCUT2D eigenvalue weighted by atomic mass is 9.91. The van der Waals surface area contributed by atoms with Gasteiger partial charge in [-0.2, -0.15) is 8.42 Å². The molecular formula is C17H16FNO6S. The van der Waals surface area contributed by atoms with Gasteiger partial charge in [-0.05, 0) is 36.4 Å². The zero-order valence-corrected chi connectivity index (χ0v) is 14.6. The van der Waals surface area contributed by atoms with Crippen LogP contribution < -0.4 is 14.2 Å². The van der Waals surface area contributed by atoms with Gasteiger partial charge < -0.3 is 19.0 Å².